The molecule has 0 saturated carbocycles. The van der Waals surface area contributed by atoms with Crippen molar-refractivity contribution >= 4 is 23.1 Å². The molecule has 4 nitrogen and oxygen atoms in total. The van der Waals surface area contributed by atoms with E-state index in [1.54, 1.807) is 17.5 Å². The number of hydrogen-bond donors (Lipinski definition) is 2. The van der Waals surface area contributed by atoms with Crippen LogP contribution in [-0.4, -0.2) is 11.0 Å². The maximum absolute atomic E-state index is 12.0. The summed E-state index contributed by atoms with van der Waals surface area (Å²) < 4.78 is 0. The zero-order chi connectivity index (χ0) is 16.1. The Balaban J connectivity index is 1.64. The van der Waals surface area contributed by atoms with Crippen molar-refractivity contribution in [3.63, 3.8) is 0 Å². The minimum atomic E-state index is -0.227. The molecule has 0 aliphatic heterocycles. The average molecular weight is 323 g/mol. The highest BCUT2D eigenvalue weighted by atomic mass is 32.1. The van der Waals surface area contributed by atoms with Gasteiger partial charge in [0, 0.05) is 18.4 Å². The molecule has 2 N–H and O–H groups in total. The molecule has 5 heteroatoms. The van der Waals surface area contributed by atoms with E-state index in [2.05, 4.69) is 15.6 Å². The van der Waals surface area contributed by atoms with E-state index in [1.165, 1.54) is 0 Å². The van der Waals surface area contributed by atoms with Crippen LogP contribution in [0.1, 0.15) is 11.1 Å². The van der Waals surface area contributed by atoms with Crippen LogP contribution in [-0.2, 0) is 6.54 Å². The number of amides is 2. The molecule has 0 spiro atoms. The van der Waals surface area contributed by atoms with Crippen molar-refractivity contribution in [2.75, 3.05) is 5.32 Å². The molecule has 23 heavy (non-hydrogen) atoms. The van der Waals surface area contributed by atoms with Gasteiger partial charge in [0.2, 0.25) is 0 Å². The van der Waals surface area contributed by atoms with E-state index in [1.807, 2.05) is 60.8 Å². The van der Waals surface area contributed by atoms with Gasteiger partial charge in [0.1, 0.15) is 0 Å². The summed E-state index contributed by atoms with van der Waals surface area (Å²) in [4.78, 5) is 17.6. The lowest BCUT2D eigenvalue weighted by molar-refractivity contribution is 0.252. The van der Waals surface area contributed by atoms with Gasteiger partial charge in [0.15, 0.2) is 0 Å². The van der Waals surface area contributed by atoms with Gasteiger partial charge in [-0.05, 0) is 42.1 Å². The number of rotatable bonds is 4. The highest BCUT2D eigenvalue weighted by Crippen LogP contribution is 2.25. The standard InChI is InChI=1S/C18H17N3OS/c1-13-6-8-15(9-7-13)21-18(22)20-12-14-4-2-10-19-17(14)16-5-3-11-23-16/h2-11H,12H2,1H3,(H2,20,21,22). The van der Waals surface area contributed by atoms with Crippen molar-refractivity contribution in [1.82, 2.24) is 10.3 Å². The summed E-state index contributed by atoms with van der Waals surface area (Å²) in [6.45, 7) is 2.44. The number of nitrogens with zero attached hydrogens (tertiary/aromatic N) is 1. The molecule has 0 aliphatic rings. The van der Waals surface area contributed by atoms with Gasteiger partial charge in [-0.1, -0.05) is 29.8 Å². The van der Waals surface area contributed by atoms with Gasteiger partial charge < -0.3 is 10.6 Å². The summed E-state index contributed by atoms with van der Waals surface area (Å²) in [6.07, 6.45) is 1.77. The molecule has 0 saturated heterocycles. The fourth-order valence-electron chi connectivity index (χ4n) is 2.20. The lowest BCUT2D eigenvalue weighted by Gasteiger charge is -2.10. The highest BCUT2D eigenvalue weighted by molar-refractivity contribution is 7.13. The first-order valence-corrected chi connectivity index (χ1v) is 8.19. The van der Waals surface area contributed by atoms with E-state index in [4.69, 9.17) is 0 Å². The van der Waals surface area contributed by atoms with E-state index in [9.17, 15) is 4.79 Å². The van der Waals surface area contributed by atoms with Gasteiger partial charge in [-0.3, -0.25) is 4.98 Å². The molecule has 3 aromatic rings. The topological polar surface area (TPSA) is 54.0 Å². The number of benzene rings is 1. The first-order chi connectivity index (χ1) is 11.2. The number of carbonyl (C=O) groups is 1. The van der Waals surface area contributed by atoms with Crippen molar-refractivity contribution in [2.45, 2.75) is 13.5 Å². The fraction of sp³-hybridized carbons (Fsp3) is 0.111. The molecule has 0 unspecified atom stereocenters. The predicted octanol–water partition coefficient (Wildman–Crippen LogP) is 4.44. The number of aryl methyl sites for hydroxylation is 1. The first kappa shape index (κ1) is 15.2. The van der Waals surface area contributed by atoms with Crippen LogP contribution in [0, 0.1) is 6.92 Å². The van der Waals surface area contributed by atoms with E-state index in [-0.39, 0.29) is 6.03 Å². The van der Waals surface area contributed by atoms with Gasteiger partial charge >= 0.3 is 6.03 Å². The second-order valence-corrected chi connectivity index (χ2v) is 6.11. The second kappa shape index (κ2) is 7.07. The number of aromatic nitrogens is 1. The van der Waals surface area contributed by atoms with Crippen LogP contribution in [0.25, 0.3) is 10.6 Å². The minimum Gasteiger partial charge on any atom is -0.334 e. The fourth-order valence-corrected chi connectivity index (χ4v) is 2.96. The van der Waals surface area contributed by atoms with Gasteiger partial charge in [-0.2, -0.15) is 0 Å². The number of carbonyl (C=O) groups excluding carboxylic acids is 1. The SMILES string of the molecule is Cc1ccc(NC(=O)NCc2cccnc2-c2cccs2)cc1. The summed E-state index contributed by atoms with van der Waals surface area (Å²) in [5.74, 6) is 0. The summed E-state index contributed by atoms with van der Waals surface area (Å²) in [5.41, 5.74) is 3.84. The number of thiophene rings is 1. The molecule has 0 bridgehead atoms. The molecule has 2 amide bonds. The zero-order valence-electron chi connectivity index (χ0n) is 12.7. The Hall–Kier alpha value is -2.66. The highest BCUT2D eigenvalue weighted by Gasteiger charge is 2.08. The first-order valence-electron chi connectivity index (χ1n) is 7.31. The van der Waals surface area contributed by atoms with Gasteiger partial charge in [-0.25, -0.2) is 4.79 Å². The van der Waals surface area contributed by atoms with Crippen LogP contribution in [0.5, 0.6) is 0 Å². The number of nitrogens with one attached hydrogen (secondary N) is 2. The van der Waals surface area contributed by atoms with E-state index in [0.29, 0.717) is 6.54 Å². The van der Waals surface area contributed by atoms with Crippen LogP contribution in [0.2, 0.25) is 0 Å². The smallest absolute Gasteiger partial charge is 0.319 e. The molecule has 0 aliphatic carbocycles. The van der Waals surface area contributed by atoms with Gasteiger partial charge in [-0.15, -0.1) is 11.3 Å². The Morgan fingerprint density at radius 3 is 2.70 bits per heavy atom. The Morgan fingerprint density at radius 1 is 1.13 bits per heavy atom. The van der Waals surface area contributed by atoms with Crippen LogP contribution in [0.4, 0.5) is 10.5 Å². The summed E-state index contributed by atoms with van der Waals surface area (Å²) in [7, 11) is 0. The second-order valence-electron chi connectivity index (χ2n) is 5.16. The monoisotopic (exact) mass is 323 g/mol. The maximum Gasteiger partial charge on any atom is 0.319 e. The lowest BCUT2D eigenvalue weighted by Crippen LogP contribution is -2.28. The predicted molar refractivity (Wildman–Crippen MR) is 94.6 cm³/mol. The number of anilines is 1. The van der Waals surface area contributed by atoms with Crippen molar-refractivity contribution in [2.24, 2.45) is 0 Å². The Labute approximate surface area is 139 Å². The van der Waals surface area contributed by atoms with Gasteiger partial charge in [0.25, 0.3) is 0 Å². The van der Waals surface area contributed by atoms with E-state index >= 15 is 0 Å². The van der Waals surface area contributed by atoms with Crippen LogP contribution in [0.3, 0.4) is 0 Å². The number of urea groups is 1. The molecule has 2 heterocycles. The average Bonchev–Trinajstić information content (AvgIpc) is 3.10. The molecule has 0 fully saturated rings. The minimum absolute atomic E-state index is 0.227. The van der Waals surface area contributed by atoms with Crippen LogP contribution >= 0.6 is 11.3 Å². The molecule has 1 aromatic carbocycles. The molecule has 0 atom stereocenters. The number of hydrogen-bond acceptors (Lipinski definition) is 3. The molecular weight excluding hydrogens is 306 g/mol. The number of pyridine rings is 1. The van der Waals surface area contributed by atoms with Crippen LogP contribution < -0.4 is 10.6 Å². The van der Waals surface area contributed by atoms with Crippen molar-refractivity contribution in [1.29, 1.82) is 0 Å². The van der Waals surface area contributed by atoms with Gasteiger partial charge in [0.05, 0.1) is 10.6 Å². The zero-order valence-corrected chi connectivity index (χ0v) is 13.6. The summed E-state index contributed by atoms with van der Waals surface area (Å²) in [5, 5.41) is 7.72. The Kier molecular flexibility index (Phi) is 4.68. The summed E-state index contributed by atoms with van der Waals surface area (Å²) in [6, 6.07) is 15.4. The third-order valence-electron chi connectivity index (χ3n) is 3.39. The van der Waals surface area contributed by atoms with Crippen LogP contribution in [0.15, 0.2) is 60.1 Å². The Morgan fingerprint density at radius 2 is 1.96 bits per heavy atom. The largest absolute Gasteiger partial charge is 0.334 e. The third kappa shape index (κ3) is 3.96. The molecule has 2 aromatic heterocycles. The lowest BCUT2D eigenvalue weighted by atomic mass is 10.1. The van der Waals surface area contributed by atoms with E-state index < -0.39 is 0 Å². The molecule has 3 rings (SSSR count). The van der Waals surface area contributed by atoms with Crippen molar-refractivity contribution < 1.29 is 4.79 Å². The summed E-state index contributed by atoms with van der Waals surface area (Å²) >= 11 is 1.64. The Bertz CT molecular complexity index is 782. The van der Waals surface area contributed by atoms with E-state index in [0.717, 1.165) is 27.4 Å². The molecule has 116 valence electrons. The quantitative estimate of drug-likeness (QED) is 0.746. The molecular formula is C18H17N3OS. The molecule has 0 radical (unpaired) electrons. The third-order valence-corrected chi connectivity index (χ3v) is 4.27. The normalized spacial score (nSPS) is 10.3. The van der Waals surface area contributed by atoms with Crippen molar-refractivity contribution in [3.05, 3.63) is 71.2 Å². The maximum atomic E-state index is 12.0. The van der Waals surface area contributed by atoms with Crippen molar-refractivity contribution in [3.8, 4) is 10.6 Å².